The highest BCUT2D eigenvalue weighted by atomic mass is 16.6. The summed E-state index contributed by atoms with van der Waals surface area (Å²) < 4.78 is 5.42. The van der Waals surface area contributed by atoms with E-state index in [4.69, 9.17) is 4.74 Å². The van der Waals surface area contributed by atoms with E-state index in [1.807, 2.05) is 19.9 Å². The molecule has 0 aromatic heterocycles. The fraction of sp³-hybridized carbons (Fsp3) is 0.667. The maximum absolute atomic E-state index is 11.7. The van der Waals surface area contributed by atoms with Crippen molar-refractivity contribution in [3.05, 3.63) is 23.3 Å². The van der Waals surface area contributed by atoms with E-state index in [2.05, 4.69) is 13.0 Å². The number of aliphatic hydroxyl groups excluding tert-OH is 1. The number of fused-ring (bicyclic) bond motifs is 1. The molecular weight excluding hydrogens is 228 g/mol. The van der Waals surface area contributed by atoms with Gasteiger partial charge in [0.15, 0.2) is 0 Å². The normalized spacial score (nSPS) is 43.2. The number of rotatable bonds is 0. The molecule has 0 aromatic rings. The van der Waals surface area contributed by atoms with Crippen molar-refractivity contribution in [2.24, 2.45) is 11.8 Å². The van der Waals surface area contributed by atoms with E-state index in [0.717, 1.165) is 19.3 Å². The summed E-state index contributed by atoms with van der Waals surface area (Å²) in [6, 6.07) is 0. The van der Waals surface area contributed by atoms with Crippen LogP contribution >= 0.6 is 0 Å². The molecule has 100 valence electrons. The van der Waals surface area contributed by atoms with Crippen LogP contribution in [0.2, 0.25) is 0 Å². The summed E-state index contributed by atoms with van der Waals surface area (Å²) in [7, 11) is 0. The van der Waals surface area contributed by atoms with Crippen molar-refractivity contribution in [1.29, 1.82) is 0 Å². The fourth-order valence-corrected chi connectivity index (χ4v) is 2.94. The van der Waals surface area contributed by atoms with Gasteiger partial charge in [-0.3, -0.25) is 4.79 Å². The highest BCUT2D eigenvalue weighted by Gasteiger charge is 2.44. The maximum atomic E-state index is 11.7. The highest BCUT2D eigenvalue weighted by molar-refractivity contribution is 5.75. The molecule has 0 bridgehead atoms. The maximum Gasteiger partial charge on any atom is 0.309 e. The minimum atomic E-state index is -0.581. The van der Waals surface area contributed by atoms with E-state index in [1.54, 1.807) is 0 Å². The Morgan fingerprint density at radius 3 is 2.78 bits per heavy atom. The predicted molar refractivity (Wildman–Crippen MR) is 69.9 cm³/mol. The van der Waals surface area contributed by atoms with Gasteiger partial charge in [0.2, 0.25) is 0 Å². The number of carbonyl (C=O) groups excluding carboxylic acids is 1. The molecule has 0 radical (unpaired) electrons. The SMILES string of the molecule is C/C1=C/CC/C(C)=C/[C@@H](O)[C@H]2[C@H](C1)OC(=O)[C@@H]2C. The van der Waals surface area contributed by atoms with Gasteiger partial charge >= 0.3 is 5.97 Å². The summed E-state index contributed by atoms with van der Waals surface area (Å²) in [5.74, 6) is -0.516. The van der Waals surface area contributed by atoms with E-state index in [-0.39, 0.29) is 23.9 Å². The Labute approximate surface area is 109 Å². The molecule has 0 saturated carbocycles. The van der Waals surface area contributed by atoms with Crippen molar-refractivity contribution in [1.82, 2.24) is 0 Å². The molecule has 0 amide bonds. The zero-order chi connectivity index (χ0) is 13.3. The second-order valence-electron chi connectivity index (χ2n) is 5.64. The second kappa shape index (κ2) is 5.27. The van der Waals surface area contributed by atoms with Crippen LogP contribution in [0.25, 0.3) is 0 Å². The fourth-order valence-electron chi connectivity index (χ4n) is 2.94. The van der Waals surface area contributed by atoms with Crippen LogP contribution in [0.15, 0.2) is 23.3 Å². The smallest absolute Gasteiger partial charge is 0.309 e. The molecule has 1 aliphatic carbocycles. The minimum absolute atomic E-state index is 0.117. The quantitative estimate of drug-likeness (QED) is 0.531. The van der Waals surface area contributed by atoms with Gasteiger partial charge in [0.1, 0.15) is 6.10 Å². The Bertz CT molecular complexity index is 395. The van der Waals surface area contributed by atoms with E-state index in [9.17, 15) is 9.90 Å². The third-order valence-electron chi connectivity index (χ3n) is 4.05. The monoisotopic (exact) mass is 250 g/mol. The van der Waals surface area contributed by atoms with Crippen molar-refractivity contribution < 1.29 is 14.6 Å². The molecule has 3 heteroatoms. The number of carbonyl (C=O) groups is 1. The van der Waals surface area contributed by atoms with Crippen LogP contribution in [-0.4, -0.2) is 23.3 Å². The lowest BCUT2D eigenvalue weighted by Gasteiger charge is -2.24. The molecule has 0 spiro atoms. The van der Waals surface area contributed by atoms with Crippen LogP contribution in [0, 0.1) is 11.8 Å². The Morgan fingerprint density at radius 2 is 2.06 bits per heavy atom. The topological polar surface area (TPSA) is 46.5 Å². The van der Waals surface area contributed by atoms with Crippen molar-refractivity contribution in [2.45, 2.75) is 52.2 Å². The standard InChI is InChI=1S/C15H22O3/c1-9-5-4-6-10(2)8-13-14(12(16)7-9)11(3)15(17)18-13/h6-7,11-14,16H,4-5,8H2,1-3H3/b9-7+,10-6-/t11-,12-,13+,14+/m1/s1. The van der Waals surface area contributed by atoms with Gasteiger partial charge in [-0.1, -0.05) is 30.2 Å². The van der Waals surface area contributed by atoms with Crippen molar-refractivity contribution in [3.63, 3.8) is 0 Å². The van der Waals surface area contributed by atoms with E-state index in [1.165, 1.54) is 11.1 Å². The molecule has 0 aromatic carbocycles. The molecule has 1 heterocycles. The Kier molecular flexibility index (Phi) is 3.91. The molecule has 2 rings (SSSR count). The summed E-state index contributed by atoms with van der Waals surface area (Å²) >= 11 is 0. The van der Waals surface area contributed by atoms with Crippen molar-refractivity contribution in [3.8, 4) is 0 Å². The first-order valence-electron chi connectivity index (χ1n) is 6.70. The minimum Gasteiger partial charge on any atom is -0.461 e. The van der Waals surface area contributed by atoms with E-state index < -0.39 is 6.10 Å². The average Bonchev–Trinajstić information content (AvgIpc) is 2.53. The lowest BCUT2D eigenvalue weighted by Crippen LogP contribution is -2.31. The van der Waals surface area contributed by atoms with Crippen LogP contribution in [0.4, 0.5) is 0 Å². The van der Waals surface area contributed by atoms with Crippen molar-refractivity contribution >= 4 is 5.97 Å². The summed E-state index contributed by atoms with van der Waals surface area (Å²) in [6.45, 7) is 5.95. The van der Waals surface area contributed by atoms with Gasteiger partial charge in [0.05, 0.1) is 12.0 Å². The molecular formula is C15H22O3. The molecule has 4 atom stereocenters. The zero-order valence-corrected chi connectivity index (χ0v) is 11.3. The molecule has 0 unspecified atom stereocenters. The van der Waals surface area contributed by atoms with Gasteiger partial charge in [0.25, 0.3) is 0 Å². The van der Waals surface area contributed by atoms with Crippen LogP contribution < -0.4 is 0 Å². The van der Waals surface area contributed by atoms with Crippen LogP contribution in [0.3, 0.4) is 0 Å². The Balaban J connectivity index is 2.29. The third-order valence-corrected chi connectivity index (χ3v) is 4.05. The van der Waals surface area contributed by atoms with Crippen molar-refractivity contribution in [2.75, 3.05) is 0 Å². The zero-order valence-electron chi connectivity index (χ0n) is 11.3. The number of allylic oxidation sites excluding steroid dienone is 2. The molecule has 1 N–H and O–H groups in total. The molecule has 3 nitrogen and oxygen atoms in total. The first kappa shape index (κ1) is 13.3. The molecule has 2 aliphatic rings. The van der Waals surface area contributed by atoms with E-state index >= 15 is 0 Å². The van der Waals surface area contributed by atoms with Crippen LogP contribution in [-0.2, 0) is 9.53 Å². The molecule has 1 aliphatic heterocycles. The largest absolute Gasteiger partial charge is 0.461 e. The third kappa shape index (κ3) is 2.66. The Hall–Kier alpha value is -1.09. The molecule has 18 heavy (non-hydrogen) atoms. The first-order chi connectivity index (χ1) is 8.49. The van der Waals surface area contributed by atoms with Gasteiger partial charge in [0, 0.05) is 12.3 Å². The van der Waals surface area contributed by atoms with E-state index in [0.29, 0.717) is 0 Å². The molecule has 1 fully saturated rings. The van der Waals surface area contributed by atoms with Gasteiger partial charge in [-0.25, -0.2) is 0 Å². The predicted octanol–water partition coefficient (Wildman–Crippen LogP) is 2.60. The summed E-state index contributed by atoms with van der Waals surface area (Å²) in [6.07, 6.45) is 6.04. The number of hydrogen-bond donors (Lipinski definition) is 1. The van der Waals surface area contributed by atoms with Gasteiger partial charge in [-0.15, -0.1) is 0 Å². The lowest BCUT2D eigenvalue weighted by atomic mass is 9.83. The summed E-state index contributed by atoms with van der Waals surface area (Å²) in [5, 5.41) is 10.3. The van der Waals surface area contributed by atoms with Crippen LogP contribution in [0.1, 0.15) is 40.0 Å². The van der Waals surface area contributed by atoms with Gasteiger partial charge < -0.3 is 9.84 Å². The first-order valence-corrected chi connectivity index (χ1v) is 6.70. The second-order valence-corrected chi connectivity index (χ2v) is 5.64. The van der Waals surface area contributed by atoms with Gasteiger partial charge in [-0.2, -0.15) is 0 Å². The Morgan fingerprint density at radius 1 is 1.33 bits per heavy atom. The molecule has 1 saturated heterocycles. The summed E-state index contributed by atoms with van der Waals surface area (Å²) in [4.78, 5) is 11.7. The number of ether oxygens (including phenoxy) is 1. The number of hydrogen-bond acceptors (Lipinski definition) is 3. The number of aliphatic hydroxyl groups is 1. The number of esters is 1. The highest BCUT2D eigenvalue weighted by Crippen LogP contribution is 2.35. The van der Waals surface area contributed by atoms with Crippen LogP contribution in [0.5, 0.6) is 0 Å². The van der Waals surface area contributed by atoms with Gasteiger partial charge in [-0.05, 0) is 26.7 Å². The lowest BCUT2D eigenvalue weighted by molar-refractivity contribution is -0.143. The average molecular weight is 250 g/mol. The summed E-state index contributed by atoms with van der Waals surface area (Å²) in [5.41, 5.74) is 2.42.